The van der Waals surface area contributed by atoms with Gasteiger partial charge in [0.15, 0.2) is 0 Å². The van der Waals surface area contributed by atoms with Gasteiger partial charge in [-0.1, -0.05) is 0 Å². The lowest BCUT2D eigenvalue weighted by molar-refractivity contribution is 0.0655. The van der Waals surface area contributed by atoms with Crippen molar-refractivity contribution in [1.29, 1.82) is 0 Å². The molecule has 100 valence electrons. The highest BCUT2D eigenvalue weighted by Crippen LogP contribution is 2.24. The first-order chi connectivity index (χ1) is 8.65. The Morgan fingerprint density at radius 1 is 1.17 bits per heavy atom. The van der Waals surface area contributed by atoms with Gasteiger partial charge in [0.1, 0.15) is 0 Å². The highest BCUT2D eigenvalue weighted by molar-refractivity contribution is 5.37. The summed E-state index contributed by atoms with van der Waals surface area (Å²) in [6, 6.07) is 0.299. The normalized spacial score (nSPS) is 18.2. The summed E-state index contributed by atoms with van der Waals surface area (Å²) < 4.78 is 10.4. The number of hydrogen-bond acceptors (Lipinski definition) is 7. The molecule has 1 aliphatic rings. The molecule has 0 saturated carbocycles. The largest absolute Gasteiger partial charge is 0.467 e. The van der Waals surface area contributed by atoms with E-state index in [1.54, 1.807) is 7.05 Å². The molecule has 0 atom stereocenters. The van der Waals surface area contributed by atoms with Gasteiger partial charge in [0.05, 0.1) is 7.11 Å². The highest BCUT2D eigenvalue weighted by Gasteiger charge is 2.28. The maximum absolute atomic E-state index is 5.36. The summed E-state index contributed by atoms with van der Waals surface area (Å²) in [6.07, 6.45) is 1.85. The van der Waals surface area contributed by atoms with Crippen LogP contribution in [0.4, 0.5) is 11.9 Å². The molecule has 1 aromatic heterocycles. The van der Waals surface area contributed by atoms with Gasteiger partial charge in [0.25, 0.3) is 0 Å². The van der Waals surface area contributed by atoms with Crippen LogP contribution in [-0.2, 0) is 4.74 Å². The van der Waals surface area contributed by atoms with Crippen molar-refractivity contribution in [2.24, 2.45) is 0 Å². The summed E-state index contributed by atoms with van der Waals surface area (Å²) in [4.78, 5) is 12.5. The van der Waals surface area contributed by atoms with Crippen molar-refractivity contribution < 1.29 is 9.47 Å². The molecule has 1 aromatic rings. The second-order valence-corrected chi connectivity index (χ2v) is 4.52. The Labute approximate surface area is 106 Å². The minimum atomic E-state index is -0.0460. The summed E-state index contributed by atoms with van der Waals surface area (Å²) in [6.45, 7) is 3.65. The van der Waals surface area contributed by atoms with Gasteiger partial charge in [-0.15, -0.1) is 0 Å². The molecule has 7 nitrogen and oxygen atoms in total. The molecule has 18 heavy (non-hydrogen) atoms. The Balaban J connectivity index is 2.16. The summed E-state index contributed by atoms with van der Waals surface area (Å²) in [5.41, 5.74) is -0.0460. The van der Waals surface area contributed by atoms with E-state index in [4.69, 9.17) is 9.47 Å². The van der Waals surface area contributed by atoms with Crippen LogP contribution in [0.5, 0.6) is 6.01 Å². The summed E-state index contributed by atoms with van der Waals surface area (Å²) in [7, 11) is 3.30. The molecule has 7 heteroatoms. The van der Waals surface area contributed by atoms with Crippen LogP contribution in [0.15, 0.2) is 0 Å². The molecule has 1 saturated heterocycles. The van der Waals surface area contributed by atoms with E-state index >= 15 is 0 Å². The molecule has 1 fully saturated rings. The molecule has 0 bridgehead atoms. The van der Waals surface area contributed by atoms with Crippen molar-refractivity contribution in [1.82, 2.24) is 15.0 Å². The van der Waals surface area contributed by atoms with E-state index in [0.29, 0.717) is 17.9 Å². The first kappa shape index (κ1) is 12.8. The fourth-order valence-electron chi connectivity index (χ4n) is 1.83. The molecular weight excluding hydrogens is 234 g/mol. The van der Waals surface area contributed by atoms with Gasteiger partial charge in [0, 0.05) is 25.8 Å². The Morgan fingerprint density at radius 3 is 2.44 bits per heavy atom. The highest BCUT2D eigenvalue weighted by atomic mass is 16.5. The van der Waals surface area contributed by atoms with Crippen LogP contribution < -0.4 is 15.4 Å². The van der Waals surface area contributed by atoms with Crippen LogP contribution in [-0.4, -0.2) is 47.9 Å². The van der Waals surface area contributed by atoms with Crippen LogP contribution in [0.1, 0.15) is 19.8 Å². The van der Waals surface area contributed by atoms with Gasteiger partial charge in [0.2, 0.25) is 11.9 Å². The third-order valence-corrected chi connectivity index (χ3v) is 3.03. The fraction of sp³-hybridized carbons (Fsp3) is 0.727. The first-order valence-electron chi connectivity index (χ1n) is 5.99. The number of hydrogen-bond donors (Lipinski definition) is 2. The molecule has 0 aromatic carbocycles. The molecule has 0 spiro atoms. The minimum Gasteiger partial charge on any atom is -0.467 e. The zero-order valence-electron chi connectivity index (χ0n) is 11.0. The molecule has 2 rings (SSSR count). The van der Waals surface area contributed by atoms with Crippen LogP contribution in [0.3, 0.4) is 0 Å². The molecule has 0 unspecified atom stereocenters. The Hall–Kier alpha value is -1.63. The summed E-state index contributed by atoms with van der Waals surface area (Å²) in [5.74, 6) is 1.01. The molecule has 0 amide bonds. The molecular formula is C11H19N5O2. The predicted octanol–water partition coefficient (Wildman–Crippen LogP) is 0.903. The van der Waals surface area contributed by atoms with E-state index in [9.17, 15) is 0 Å². The second-order valence-electron chi connectivity index (χ2n) is 4.52. The topological polar surface area (TPSA) is 81.2 Å². The van der Waals surface area contributed by atoms with Crippen molar-refractivity contribution >= 4 is 11.9 Å². The smallest absolute Gasteiger partial charge is 0.322 e. The van der Waals surface area contributed by atoms with Crippen LogP contribution in [0, 0.1) is 0 Å². The van der Waals surface area contributed by atoms with Crippen LogP contribution >= 0.6 is 0 Å². The van der Waals surface area contributed by atoms with Crippen molar-refractivity contribution in [2.45, 2.75) is 25.3 Å². The molecule has 0 radical (unpaired) electrons. The van der Waals surface area contributed by atoms with Gasteiger partial charge in [-0.3, -0.25) is 0 Å². The monoisotopic (exact) mass is 253 g/mol. The van der Waals surface area contributed by atoms with Crippen molar-refractivity contribution in [3.05, 3.63) is 0 Å². The number of ether oxygens (including phenoxy) is 2. The second kappa shape index (κ2) is 5.34. The lowest BCUT2D eigenvalue weighted by atomic mass is 9.93. The quantitative estimate of drug-likeness (QED) is 0.825. The van der Waals surface area contributed by atoms with Crippen molar-refractivity contribution in [3.63, 3.8) is 0 Å². The zero-order chi connectivity index (χ0) is 13.0. The number of anilines is 2. The predicted molar refractivity (Wildman–Crippen MR) is 68.0 cm³/mol. The maximum Gasteiger partial charge on any atom is 0.322 e. The van der Waals surface area contributed by atoms with E-state index in [1.165, 1.54) is 7.11 Å². The first-order valence-corrected chi connectivity index (χ1v) is 5.99. The van der Waals surface area contributed by atoms with E-state index in [2.05, 4.69) is 32.5 Å². The number of nitrogens with one attached hydrogen (secondary N) is 2. The Kier molecular flexibility index (Phi) is 3.81. The Bertz CT molecular complexity index is 384. The number of methoxy groups -OCH3 is 1. The number of nitrogens with zero attached hydrogens (tertiary/aromatic N) is 3. The molecule has 0 aliphatic carbocycles. The average molecular weight is 253 g/mol. The lowest BCUT2D eigenvalue weighted by Gasteiger charge is -2.34. The van der Waals surface area contributed by atoms with E-state index in [0.717, 1.165) is 26.1 Å². The van der Waals surface area contributed by atoms with Gasteiger partial charge < -0.3 is 20.1 Å². The number of aromatic nitrogens is 3. The van der Waals surface area contributed by atoms with Crippen LogP contribution in [0.2, 0.25) is 0 Å². The Morgan fingerprint density at radius 2 is 1.83 bits per heavy atom. The number of rotatable bonds is 4. The van der Waals surface area contributed by atoms with Gasteiger partial charge >= 0.3 is 6.01 Å². The minimum absolute atomic E-state index is 0.0460. The maximum atomic E-state index is 5.36. The fourth-order valence-corrected chi connectivity index (χ4v) is 1.83. The average Bonchev–Trinajstić information content (AvgIpc) is 2.38. The zero-order valence-corrected chi connectivity index (χ0v) is 11.0. The third-order valence-electron chi connectivity index (χ3n) is 3.03. The summed E-state index contributed by atoms with van der Waals surface area (Å²) >= 11 is 0. The standard InChI is InChI=1S/C11H19N5O2/c1-11(4-6-18-7-5-11)16-9-13-8(12-2)14-10(15-9)17-3/h4-7H2,1-3H3,(H2,12,13,14,15,16). The molecule has 2 N–H and O–H groups in total. The van der Waals surface area contributed by atoms with E-state index in [1.807, 2.05) is 0 Å². The van der Waals surface area contributed by atoms with Crippen LogP contribution in [0.25, 0.3) is 0 Å². The van der Waals surface area contributed by atoms with E-state index in [-0.39, 0.29) is 5.54 Å². The molecule has 1 aliphatic heterocycles. The van der Waals surface area contributed by atoms with Gasteiger partial charge in [-0.25, -0.2) is 0 Å². The molecule has 2 heterocycles. The van der Waals surface area contributed by atoms with Gasteiger partial charge in [-0.2, -0.15) is 15.0 Å². The third kappa shape index (κ3) is 2.98. The van der Waals surface area contributed by atoms with E-state index < -0.39 is 0 Å². The van der Waals surface area contributed by atoms with Gasteiger partial charge in [-0.05, 0) is 19.8 Å². The summed E-state index contributed by atoms with van der Waals surface area (Å²) in [5, 5.41) is 6.23. The van der Waals surface area contributed by atoms with Crippen molar-refractivity contribution in [2.75, 3.05) is 38.0 Å². The SMILES string of the molecule is CNc1nc(NC2(C)CCOCC2)nc(OC)n1. The van der Waals surface area contributed by atoms with Crippen molar-refractivity contribution in [3.8, 4) is 6.01 Å². The lowest BCUT2D eigenvalue weighted by Crippen LogP contribution is -2.41.